The van der Waals surface area contributed by atoms with Gasteiger partial charge < -0.3 is 5.11 Å². The third-order valence-corrected chi connectivity index (χ3v) is 1.65. The summed E-state index contributed by atoms with van der Waals surface area (Å²) in [5.74, 6) is -0.0393. The van der Waals surface area contributed by atoms with Crippen LogP contribution in [0.3, 0.4) is 0 Å². The van der Waals surface area contributed by atoms with Crippen LogP contribution < -0.4 is 5.32 Å². The lowest BCUT2D eigenvalue weighted by molar-refractivity contribution is 0.209. The molecule has 0 saturated heterocycles. The van der Waals surface area contributed by atoms with Gasteiger partial charge >= 0.3 is 6.09 Å². The van der Waals surface area contributed by atoms with Crippen LogP contribution in [-0.2, 0) is 3.79 Å². The Labute approximate surface area is 94.0 Å². The molecule has 5 nitrogen and oxygen atoms in total. The molecule has 0 aliphatic carbocycles. The van der Waals surface area contributed by atoms with Crippen molar-refractivity contribution in [1.82, 2.24) is 9.97 Å². The van der Waals surface area contributed by atoms with Gasteiger partial charge in [0.25, 0.3) is 0 Å². The van der Waals surface area contributed by atoms with E-state index in [-0.39, 0.29) is 11.6 Å². The Morgan fingerprint density at radius 2 is 2.14 bits per heavy atom. The van der Waals surface area contributed by atoms with Gasteiger partial charge in [0.05, 0.1) is 0 Å². The van der Waals surface area contributed by atoms with Crippen molar-refractivity contribution in [3.8, 4) is 0 Å². The second-order valence-corrected chi connectivity index (χ2v) is 4.47. The molecule has 2 N–H and O–H groups in total. The first kappa shape index (κ1) is 11.3. The number of hydrogen-bond donors (Lipinski definition) is 2. The molecule has 0 fully saturated rings. The van der Waals surface area contributed by atoms with E-state index in [9.17, 15) is 4.79 Å². The number of carbonyl (C=O) groups is 1. The molecule has 1 aromatic heterocycles. The Morgan fingerprint density at radius 1 is 1.50 bits per heavy atom. The molecule has 1 rings (SSSR count). The van der Waals surface area contributed by atoms with E-state index in [4.69, 9.17) is 39.9 Å². The first-order valence-electron chi connectivity index (χ1n) is 3.30. The summed E-state index contributed by atoms with van der Waals surface area (Å²) in [7, 11) is 0. The fraction of sp³-hybridized carbons (Fsp3) is 0.167. The topological polar surface area (TPSA) is 75.1 Å². The monoisotopic (exact) mass is 255 g/mol. The molecule has 1 aromatic rings. The summed E-state index contributed by atoms with van der Waals surface area (Å²) in [4.78, 5) is 17.6. The van der Waals surface area contributed by atoms with Crippen LogP contribution in [0.1, 0.15) is 5.82 Å². The highest BCUT2D eigenvalue weighted by Gasteiger charge is 2.26. The summed E-state index contributed by atoms with van der Waals surface area (Å²) in [6.45, 7) is 0. The molecule has 0 spiro atoms. The number of amides is 1. The predicted octanol–water partition coefficient (Wildman–Crippen LogP) is 2.39. The molecule has 0 radical (unpaired) electrons. The molecule has 0 aliphatic heterocycles. The molecule has 76 valence electrons. The third kappa shape index (κ3) is 3.17. The van der Waals surface area contributed by atoms with Gasteiger partial charge in [0.1, 0.15) is 5.82 Å². The van der Waals surface area contributed by atoms with Crippen molar-refractivity contribution in [3.05, 3.63) is 18.1 Å². The highest BCUT2D eigenvalue weighted by molar-refractivity contribution is 6.66. The Balaban J connectivity index is 2.95. The van der Waals surface area contributed by atoms with Gasteiger partial charge in [-0.05, 0) is 6.07 Å². The van der Waals surface area contributed by atoms with E-state index >= 15 is 0 Å². The van der Waals surface area contributed by atoms with Crippen molar-refractivity contribution in [2.45, 2.75) is 3.79 Å². The average Bonchev–Trinajstić information content (AvgIpc) is 2.01. The second kappa shape index (κ2) is 4.16. The van der Waals surface area contributed by atoms with Gasteiger partial charge in [0.15, 0.2) is 5.82 Å². The Morgan fingerprint density at radius 3 is 2.64 bits per heavy atom. The van der Waals surface area contributed by atoms with Crippen LogP contribution in [0.5, 0.6) is 0 Å². The van der Waals surface area contributed by atoms with Gasteiger partial charge in [0, 0.05) is 6.20 Å². The van der Waals surface area contributed by atoms with E-state index in [1.54, 1.807) is 0 Å². The zero-order chi connectivity index (χ0) is 10.8. The number of alkyl halides is 3. The lowest BCUT2D eigenvalue weighted by Gasteiger charge is -2.09. The molecular weight excluding hydrogens is 252 g/mol. The van der Waals surface area contributed by atoms with Gasteiger partial charge in [-0.3, -0.25) is 5.32 Å². The fourth-order valence-corrected chi connectivity index (χ4v) is 0.948. The van der Waals surface area contributed by atoms with E-state index in [0.717, 1.165) is 0 Å². The van der Waals surface area contributed by atoms with Crippen molar-refractivity contribution in [1.29, 1.82) is 0 Å². The molecule has 1 heterocycles. The van der Waals surface area contributed by atoms with Crippen LogP contribution in [0.4, 0.5) is 10.6 Å². The smallest absolute Gasteiger partial charge is 0.410 e. The number of hydrogen-bond acceptors (Lipinski definition) is 3. The summed E-state index contributed by atoms with van der Waals surface area (Å²) >= 11 is 16.5. The standard InChI is InChI=1S/C6H4Cl3N3O2/c7-6(8,9)4-10-2-1-3(11-4)12-5(13)14/h1-2H,(H,13,14)(H,10,11,12). The normalized spacial score (nSPS) is 11.1. The number of aromatic nitrogens is 2. The molecule has 1 amide bonds. The Bertz CT molecular complexity index is 352. The van der Waals surface area contributed by atoms with Gasteiger partial charge in [0.2, 0.25) is 3.79 Å². The van der Waals surface area contributed by atoms with E-state index in [1.807, 2.05) is 5.32 Å². The minimum atomic E-state index is -1.77. The number of nitrogens with zero attached hydrogens (tertiary/aromatic N) is 2. The highest BCUT2D eigenvalue weighted by atomic mass is 35.6. The van der Waals surface area contributed by atoms with Crippen LogP contribution in [0.2, 0.25) is 0 Å². The lowest BCUT2D eigenvalue weighted by Crippen LogP contribution is -2.13. The van der Waals surface area contributed by atoms with Crippen LogP contribution in [-0.4, -0.2) is 21.2 Å². The molecular formula is C6H4Cl3N3O2. The number of halogens is 3. The van der Waals surface area contributed by atoms with Crippen LogP contribution in [0, 0.1) is 0 Å². The number of nitrogens with one attached hydrogen (secondary N) is 1. The first-order chi connectivity index (χ1) is 6.39. The van der Waals surface area contributed by atoms with E-state index in [2.05, 4.69) is 9.97 Å². The second-order valence-electron chi connectivity index (χ2n) is 2.19. The number of anilines is 1. The summed E-state index contributed by atoms with van der Waals surface area (Å²) in [5.41, 5.74) is 0. The van der Waals surface area contributed by atoms with Crippen molar-refractivity contribution >= 4 is 46.7 Å². The SMILES string of the molecule is O=C(O)Nc1ccnc(C(Cl)(Cl)Cl)n1. The maximum Gasteiger partial charge on any atom is 0.410 e. The quantitative estimate of drug-likeness (QED) is 0.757. The molecule has 0 aliphatic rings. The Hall–Kier alpha value is -0.780. The Kier molecular flexibility index (Phi) is 3.36. The van der Waals surface area contributed by atoms with Crippen LogP contribution in [0.15, 0.2) is 12.3 Å². The van der Waals surface area contributed by atoms with E-state index in [1.165, 1.54) is 12.3 Å². The van der Waals surface area contributed by atoms with Gasteiger partial charge in [-0.25, -0.2) is 14.8 Å². The highest BCUT2D eigenvalue weighted by Crippen LogP contribution is 2.35. The van der Waals surface area contributed by atoms with Crippen molar-refractivity contribution in [3.63, 3.8) is 0 Å². The zero-order valence-corrected chi connectivity index (χ0v) is 8.81. The lowest BCUT2D eigenvalue weighted by atomic mass is 10.5. The molecule has 14 heavy (non-hydrogen) atoms. The van der Waals surface area contributed by atoms with E-state index in [0.29, 0.717) is 0 Å². The molecule has 0 atom stereocenters. The largest absolute Gasteiger partial charge is 0.465 e. The molecule has 0 bridgehead atoms. The van der Waals surface area contributed by atoms with Crippen molar-refractivity contribution < 1.29 is 9.90 Å². The minimum Gasteiger partial charge on any atom is -0.465 e. The van der Waals surface area contributed by atoms with Crippen molar-refractivity contribution in [2.75, 3.05) is 5.32 Å². The molecule has 0 unspecified atom stereocenters. The maximum atomic E-state index is 10.3. The summed E-state index contributed by atoms with van der Waals surface area (Å²) in [6.07, 6.45) is 0.0362. The summed E-state index contributed by atoms with van der Waals surface area (Å²) in [5, 5.41) is 10.4. The van der Waals surface area contributed by atoms with Crippen LogP contribution in [0.25, 0.3) is 0 Å². The summed E-state index contributed by atoms with van der Waals surface area (Å²) in [6, 6.07) is 1.34. The average molecular weight is 256 g/mol. The van der Waals surface area contributed by atoms with Crippen molar-refractivity contribution in [2.24, 2.45) is 0 Å². The first-order valence-corrected chi connectivity index (χ1v) is 4.43. The number of rotatable bonds is 1. The third-order valence-electron chi connectivity index (χ3n) is 1.14. The minimum absolute atomic E-state index is 0.0498. The summed E-state index contributed by atoms with van der Waals surface area (Å²) < 4.78 is -1.77. The molecule has 0 saturated carbocycles. The van der Waals surface area contributed by atoms with Gasteiger partial charge in [-0.1, -0.05) is 34.8 Å². The predicted molar refractivity (Wildman–Crippen MR) is 52.9 cm³/mol. The molecule has 0 aromatic carbocycles. The number of carboxylic acid groups (broad SMARTS) is 1. The molecule has 8 heteroatoms. The zero-order valence-electron chi connectivity index (χ0n) is 6.54. The maximum absolute atomic E-state index is 10.3. The fourth-order valence-electron chi connectivity index (χ4n) is 0.674. The van der Waals surface area contributed by atoms with Gasteiger partial charge in [-0.2, -0.15) is 0 Å². The van der Waals surface area contributed by atoms with E-state index < -0.39 is 9.89 Å². The van der Waals surface area contributed by atoms with Gasteiger partial charge in [-0.15, -0.1) is 0 Å². The van der Waals surface area contributed by atoms with Crippen LogP contribution >= 0.6 is 34.8 Å².